The summed E-state index contributed by atoms with van der Waals surface area (Å²) in [5.41, 5.74) is 5.84. The van der Waals surface area contributed by atoms with Crippen molar-refractivity contribution < 1.29 is 19.3 Å². The highest BCUT2D eigenvalue weighted by Gasteiger charge is 2.26. The van der Waals surface area contributed by atoms with Gasteiger partial charge in [0.2, 0.25) is 0 Å². The van der Waals surface area contributed by atoms with Crippen LogP contribution in [0.3, 0.4) is 0 Å². The van der Waals surface area contributed by atoms with E-state index in [0.717, 1.165) is 52.9 Å². The molecule has 1 fully saturated rings. The molecule has 1 heterocycles. The van der Waals surface area contributed by atoms with Crippen LogP contribution in [-0.2, 0) is 29.2 Å². The normalized spacial score (nSPS) is 14.8. The molecule has 0 saturated heterocycles. The van der Waals surface area contributed by atoms with Gasteiger partial charge in [-0.2, -0.15) is 0 Å². The highest BCUT2D eigenvalue weighted by Crippen LogP contribution is 2.40. The Hall–Kier alpha value is -1.82. The van der Waals surface area contributed by atoms with Crippen LogP contribution >= 0.6 is 0 Å². The van der Waals surface area contributed by atoms with E-state index in [2.05, 4.69) is 6.92 Å². The van der Waals surface area contributed by atoms with Crippen LogP contribution in [0, 0.1) is 5.82 Å². The standard InChI is InChI=1S/C22H28FNO3/c1-3-20-19(14-25)21(15-8-10-17(23)11-9-15)18(12-13-27-26-2)22(24-20)16-6-4-5-7-16/h8-11,16,25H,3-7,12-14H2,1-2H3. The van der Waals surface area contributed by atoms with Gasteiger partial charge in [-0.15, -0.1) is 0 Å². The molecule has 1 aliphatic rings. The fourth-order valence-electron chi connectivity index (χ4n) is 4.18. The lowest BCUT2D eigenvalue weighted by atomic mass is 9.86. The monoisotopic (exact) mass is 373 g/mol. The number of aromatic nitrogens is 1. The molecule has 2 aromatic rings. The SMILES string of the molecule is CCc1nc(C2CCCC2)c(CCOOC)c(-c2ccc(F)cc2)c1CO. The molecule has 0 atom stereocenters. The van der Waals surface area contributed by atoms with E-state index in [1.54, 1.807) is 12.1 Å². The first-order chi connectivity index (χ1) is 13.2. The van der Waals surface area contributed by atoms with Crippen molar-refractivity contribution in [3.8, 4) is 11.1 Å². The lowest BCUT2D eigenvalue weighted by Gasteiger charge is -2.23. The minimum absolute atomic E-state index is 0.0913. The fraction of sp³-hybridized carbons (Fsp3) is 0.500. The molecule has 0 unspecified atom stereocenters. The second kappa shape index (κ2) is 9.40. The summed E-state index contributed by atoms with van der Waals surface area (Å²) < 4.78 is 13.5. The molecule has 4 nitrogen and oxygen atoms in total. The quantitative estimate of drug-likeness (QED) is 0.413. The maximum Gasteiger partial charge on any atom is 0.123 e. The molecule has 3 rings (SSSR count). The van der Waals surface area contributed by atoms with Gasteiger partial charge in [-0.1, -0.05) is 31.9 Å². The van der Waals surface area contributed by atoms with Crippen LogP contribution in [0.15, 0.2) is 24.3 Å². The topological polar surface area (TPSA) is 51.6 Å². The van der Waals surface area contributed by atoms with Gasteiger partial charge in [0, 0.05) is 29.3 Å². The van der Waals surface area contributed by atoms with Crippen LogP contribution < -0.4 is 0 Å². The highest BCUT2D eigenvalue weighted by atomic mass is 19.1. The van der Waals surface area contributed by atoms with Gasteiger partial charge in [0.1, 0.15) is 5.82 Å². The molecule has 1 saturated carbocycles. The van der Waals surface area contributed by atoms with Crippen molar-refractivity contribution in [1.29, 1.82) is 0 Å². The predicted molar refractivity (Wildman–Crippen MR) is 103 cm³/mol. The van der Waals surface area contributed by atoms with E-state index in [1.807, 2.05) is 0 Å². The summed E-state index contributed by atoms with van der Waals surface area (Å²) in [6.45, 7) is 2.37. The first kappa shape index (κ1) is 19.9. The Balaban J connectivity index is 2.20. The number of aliphatic hydroxyl groups excluding tert-OH is 1. The number of hydrogen-bond donors (Lipinski definition) is 1. The number of halogens is 1. The van der Waals surface area contributed by atoms with Gasteiger partial charge in [-0.05, 0) is 48.1 Å². The van der Waals surface area contributed by atoms with Crippen molar-refractivity contribution >= 4 is 0 Å². The molecule has 1 aromatic heterocycles. The summed E-state index contributed by atoms with van der Waals surface area (Å²) in [4.78, 5) is 14.9. The van der Waals surface area contributed by atoms with Gasteiger partial charge in [-0.25, -0.2) is 14.2 Å². The number of benzene rings is 1. The summed E-state index contributed by atoms with van der Waals surface area (Å²) in [7, 11) is 1.50. The lowest BCUT2D eigenvalue weighted by Crippen LogP contribution is -2.13. The molecular weight excluding hydrogens is 345 g/mol. The molecule has 146 valence electrons. The first-order valence-corrected chi connectivity index (χ1v) is 9.76. The zero-order chi connectivity index (χ0) is 19.2. The van der Waals surface area contributed by atoms with Crippen LogP contribution in [0.5, 0.6) is 0 Å². The number of nitrogens with zero attached hydrogens (tertiary/aromatic N) is 1. The smallest absolute Gasteiger partial charge is 0.123 e. The minimum Gasteiger partial charge on any atom is -0.392 e. The maximum atomic E-state index is 13.5. The molecular formula is C22H28FNO3. The van der Waals surface area contributed by atoms with E-state index in [4.69, 9.17) is 14.8 Å². The molecule has 0 amide bonds. The molecule has 0 radical (unpaired) electrons. The third-order valence-corrected chi connectivity index (χ3v) is 5.44. The van der Waals surface area contributed by atoms with Gasteiger partial charge in [0.05, 0.1) is 20.3 Å². The number of rotatable bonds is 8. The van der Waals surface area contributed by atoms with Crippen molar-refractivity contribution in [3.63, 3.8) is 0 Å². The van der Waals surface area contributed by atoms with Crippen molar-refractivity contribution in [1.82, 2.24) is 4.98 Å². The Morgan fingerprint density at radius 3 is 2.44 bits per heavy atom. The third kappa shape index (κ3) is 4.37. The molecule has 27 heavy (non-hydrogen) atoms. The summed E-state index contributed by atoms with van der Waals surface area (Å²) in [5.74, 6) is 0.161. The molecule has 5 heteroatoms. The van der Waals surface area contributed by atoms with Gasteiger partial charge >= 0.3 is 0 Å². The van der Waals surface area contributed by atoms with E-state index in [9.17, 15) is 9.50 Å². The van der Waals surface area contributed by atoms with Crippen LogP contribution in [0.1, 0.15) is 61.0 Å². The highest BCUT2D eigenvalue weighted by molar-refractivity contribution is 5.73. The second-order valence-electron chi connectivity index (χ2n) is 7.01. The Bertz CT molecular complexity index is 755. The minimum atomic E-state index is -0.269. The van der Waals surface area contributed by atoms with Crippen molar-refractivity contribution in [2.45, 2.75) is 58.0 Å². The van der Waals surface area contributed by atoms with Crippen LogP contribution in [0.4, 0.5) is 4.39 Å². The summed E-state index contributed by atoms with van der Waals surface area (Å²) >= 11 is 0. The third-order valence-electron chi connectivity index (χ3n) is 5.44. The average Bonchev–Trinajstić information content (AvgIpc) is 3.22. The zero-order valence-corrected chi connectivity index (χ0v) is 16.1. The van der Waals surface area contributed by atoms with E-state index < -0.39 is 0 Å². The maximum absolute atomic E-state index is 13.5. The van der Waals surface area contributed by atoms with Gasteiger partial charge in [0.25, 0.3) is 0 Å². The molecule has 0 spiro atoms. The number of aliphatic hydroxyl groups is 1. The largest absolute Gasteiger partial charge is 0.392 e. The van der Waals surface area contributed by atoms with Crippen LogP contribution in [0.25, 0.3) is 11.1 Å². The molecule has 1 aromatic carbocycles. The molecule has 1 aliphatic carbocycles. The zero-order valence-electron chi connectivity index (χ0n) is 16.1. The predicted octanol–water partition coefficient (Wildman–Crippen LogP) is 4.72. The Morgan fingerprint density at radius 1 is 1.15 bits per heavy atom. The lowest BCUT2D eigenvalue weighted by molar-refractivity contribution is -0.271. The van der Waals surface area contributed by atoms with Crippen LogP contribution in [0.2, 0.25) is 0 Å². The Morgan fingerprint density at radius 2 is 1.85 bits per heavy atom. The number of pyridine rings is 1. The van der Waals surface area contributed by atoms with E-state index in [1.165, 1.54) is 32.1 Å². The van der Waals surface area contributed by atoms with Crippen molar-refractivity contribution in [2.24, 2.45) is 0 Å². The van der Waals surface area contributed by atoms with Crippen molar-refractivity contribution in [2.75, 3.05) is 13.7 Å². The van der Waals surface area contributed by atoms with E-state index in [-0.39, 0.29) is 12.4 Å². The van der Waals surface area contributed by atoms with Gasteiger partial charge in [0.15, 0.2) is 0 Å². The molecule has 0 bridgehead atoms. The van der Waals surface area contributed by atoms with Crippen LogP contribution in [-0.4, -0.2) is 23.8 Å². The Kier molecular flexibility index (Phi) is 6.94. The summed E-state index contributed by atoms with van der Waals surface area (Å²) in [6, 6.07) is 6.49. The Labute approximate surface area is 160 Å². The number of hydrogen-bond acceptors (Lipinski definition) is 4. The fourth-order valence-corrected chi connectivity index (χ4v) is 4.18. The summed E-state index contributed by atoms with van der Waals surface area (Å²) in [6.07, 6.45) is 6.09. The van der Waals surface area contributed by atoms with E-state index >= 15 is 0 Å². The first-order valence-electron chi connectivity index (χ1n) is 9.76. The second-order valence-corrected chi connectivity index (χ2v) is 7.01. The van der Waals surface area contributed by atoms with Gasteiger partial charge in [-0.3, -0.25) is 4.98 Å². The van der Waals surface area contributed by atoms with E-state index in [0.29, 0.717) is 18.9 Å². The molecule has 0 aliphatic heterocycles. The van der Waals surface area contributed by atoms with Crippen molar-refractivity contribution in [3.05, 3.63) is 52.6 Å². The summed E-state index contributed by atoms with van der Waals surface area (Å²) in [5, 5.41) is 10.1. The average molecular weight is 373 g/mol. The van der Waals surface area contributed by atoms with Gasteiger partial charge < -0.3 is 5.11 Å². The molecule has 1 N–H and O–H groups in total. The number of aryl methyl sites for hydroxylation is 1.